The molecular formula is C12H17N3O4. The number of aromatic nitrogens is 2. The summed E-state index contributed by atoms with van der Waals surface area (Å²) >= 11 is 0. The van der Waals surface area contributed by atoms with Gasteiger partial charge < -0.3 is 30.0 Å². The van der Waals surface area contributed by atoms with Crippen LogP contribution < -0.4 is 14.8 Å². The highest BCUT2D eigenvalue weighted by atomic mass is 16.5. The number of hydrogen-bond donors (Lipinski definition) is 4. The number of rotatable bonds is 6. The van der Waals surface area contributed by atoms with Crippen LogP contribution in [0.5, 0.6) is 11.5 Å². The van der Waals surface area contributed by atoms with Crippen LogP contribution in [0.15, 0.2) is 12.1 Å². The van der Waals surface area contributed by atoms with Crippen molar-refractivity contribution in [1.29, 1.82) is 0 Å². The van der Waals surface area contributed by atoms with Crippen molar-refractivity contribution in [3.63, 3.8) is 0 Å². The maximum Gasteiger partial charge on any atom is 0.201 e. The van der Waals surface area contributed by atoms with Gasteiger partial charge in [0.2, 0.25) is 5.95 Å². The Morgan fingerprint density at radius 1 is 1.32 bits per heavy atom. The minimum Gasteiger partial charge on any atom is -0.493 e. The van der Waals surface area contributed by atoms with E-state index in [9.17, 15) is 5.11 Å². The molecule has 0 saturated carbocycles. The van der Waals surface area contributed by atoms with Gasteiger partial charge in [0.15, 0.2) is 11.5 Å². The summed E-state index contributed by atoms with van der Waals surface area (Å²) in [6, 6.07) is 3.55. The summed E-state index contributed by atoms with van der Waals surface area (Å²) in [7, 11) is 3.13. The van der Waals surface area contributed by atoms with Gasteiger partial charge in [-0.25, -0.2) is 4.98 Å². The van der Waals surface area contributed by atoms with E-state index in [2.05, 4.69) is 15.3 Å². The van der Waals surface area contributed by atoms with E-state index in [1.165, 1.54) is 0 Å². The van der Waals surface area contributed by atoms with Gasteiger partial charge in [-0.15, -0.1) is 0 Å². The number of benzene rings is 1. The fraction of sp³-hybridized carbons (Fsp3) is 0.417. The number of H-pyrrole nitrogens is 1. The molecule has 7 heteroatoms. The summed E-state index contributed by atoms with van der Waals surface area (Å²) in [5, 5.41) is 20.9. The van der Waals surface area contributed by atoms with Gasteiger partial charge in [0.1, 0.15) is 0 Å². The van der Waals surface area contributed by atoms with Crippen LogP contribution in [-0.4, -0.2) is 53.7 Å². The lowest BCUT2D eigenvalue weighted by atomic mass is 10.3. The van der Waals surface area contributed by atoms with Gasteiger partial charge in [0.05, 0.1) is 38.0 Å². The predicted molar refractivity (Wildman–Crippen MR) is 70.8 cm³/mol. The first-order chi connectivity index (χ1) is 9.17. The van der Waals surface area contributed by atoms with E-state index < -0.39 is 6.10 Å². The van der Waals surface area contributed by atoms with E-state index >= 15 is 0 Å². The van der Waals surface area contributed by atoms with E-state index in [0.717, 1.165) is 11.0 Å². The lowest BCUT2D eigenvalue weighted by Gasteiger charge is -2.06. The zero-order valence-electron chi connectivity index (χ0n) is 10.8. The number of aliphatic hydroxyl groups is 2. The molecule has 4 N–H and O–H groups in total. The number of nitrogens with zero attached hydrogens (tertiary/aromatic N) is 1. The minimum atomic E-state index is -0.822. The first kappa shape index (κ1) is 13.4. The Labute approximate surface area is 110 Å². The summed E-state index contributed by atoms with van der Waals surface area (Å²) < 4.78 is 10.4. The largest absolute Gasteiger partial charge is 0.493 e. The second-order valence-corrected chi connectivity index (χ2v) is 4.03. The van der Waals surface area contributed by atoms with Crippen molar-refractivity contribution < 1.29 is 19.7 Å². The molecule has 0 fully saturated rings. The van der Waals surface area contributed by atoms with Gasteiger partial charge in [0, 0.05) is 18.7 Å². The van der Waals surface area contributed by atoms with Gasteiger partial charge in [-0.2, -0.15) is 0 Å². The molecule has 0 amide bonds. The third-order valence-corrected chi connectivity index (χ3v) is 2.70. The fourth-order valence-corrected chi connectivity index (χ4v) is 1.70. The Hall–Kier alpha value is -1.99. The Kier molecular flexibility index (Phi) is 4.08. The van der Waals surface area contributed by atoms with Gasteiger partial charge in [-0.1, -0.05) is 0 Å². The predicted octanol–water partition coefficient (Wildman–Crippen LogP) is 0.345. The maximum atomic E-state index is 9.26. The number of imidazole rings is 1. The molecule has 0 radical (unpaired) electrons. The van der Waals surface area contributed by atoms with E-state index in [1.807, 2.05) is 0 Å². The number of hydrogen-bond acceptors (Lipinski definition) is 6. The SMILES string of the molecule is COc1cc2nc(NCC(O)CO)[nH]c2cc1OC. The van der Waals surface area contributed by atoms with Gasteiger partial charge in [-0.3, -0.25) is 0 Å². The van der Waals surface area contributed by atoms with E-state index in [0.29, 0.717) is 17.4 Å². The summed E-state index contributed by atoms with van der Waals surface area (Å²) in [4.78, 5) is 7.36. The second kappa shape index (κ2) is 5.77. The molecule has 7 nitrogen and oxygen atoms in total. The topological polar surface area (TPSA) is 99.6 Å². The van der Waals surface area contributed by atoms with Crippen molar-refractivity contribution in [1.82, 2.24) is 9.97 Å². The highest BCUT2D eigenvalue weighted by Crippen LogP contribution is 2.31. The number of aliphatic hydroxyl groups excluding tert-OH is 2. The van der Waals surface area contributed by atoms with Crippen LogP contribution in [0.3, 0.4) is 0 Å². The lowest BCUT2D eigenvalue weighted by Crippen LogP contribution is -2.23. The number of ether oxygens (including phenoxy) is 2. The molecule has 1 aromatic carbocycles. The first-order valence-electron chi connectivity index (χ1n) is 5.82. The molecule has 1 unspecified atom stereocenters. The summed E-state index contributed by atoms with van der Waals surface area (Å²) in [6.45, 7) is -0.0839. The van der Waals surface area contributed by atoms with Gasteiger partial charge in [-0.05, 0) is 0 Å². The Balaban J connectivity index is 2.24. The molecule has 2 aromatic rings. The highest BCUT2D eigenvalue weighted by Gasteiger charge is 2.10. The number of fused-ring (bicyclic) bond motifs is 1. The first-order valence-corrected chi connectivity index (χ1v) is 5.82. The lowest BCUT2D eigenvalue weighted by molar-refractivity contribution is 0.105. The van der Waals surface area contributed by atoms with Crippen molar-refractivity contribution in [2.75, 3.05) is 32.7 Å². The number of nitrogens with one attached hydrogen (secondary N) is 2. The third-order valence-electron chi connectivity index (χ3n) is 2.70. The Morgan fingerprint density at radius 2 is 2.00 bits per heavy atom. The summed E-state index contributed by atoms with van der Waals surface area (Å²) in [6.07, 6.45) is -0.822. The van der Waals surface area contributed by atoms with E-state index in [1.54, 1.807) is 26.4 Å². The molecule has 1 atom stereocenters. The molecule has 0 saturated heterocycles. The number of aromatic amines is 1. The van der Waals surface area contributed by atoms with Gasteiger partial charge >= 0.3 is 0 Å². The van der Waals surface area contributed by atoms with E-state index in [4.69, 9.17) is 14.6 Å². The molecule has 0 aliphatic rings. The van der Waals surface area contributed by atoms with Crippen molar-refractivity contribution in [3.8, 4) is 11.5 Å². The number of anilines is 1. The van der Waals surface area contributed by atoms with Crippen LogP contribution in [0.1, 0.15) is 0 Å². The fourth-order valence-electron chi connectivity index (χ4n) is 1.70. The van der Waals surface area contributed by atoms with Crippen LogP contribution in [0, 0.1) is 0 Å². The quantitative estimate of drug-likeness (QED) is 0.602. The second-order valence-electron chi connectivity index (χ2n) is 4.03. The van der Waals surface area contributed by atoms with Crippen LogP contribution in [0.25, 0.3) is 11.0 Å². The van der Waals surface area contributed by atoms with Crippen molar-refractivity contribution in [3.05, 3.63) is 12.1 Å². The van der Waals surface area contributed by atoms with Gasteiger partial charge in [0.25, 0.3) is 0 Å². The molecule has 1 heterocycles. The molecular weight excluding hydrogens is 250 g/mol. The molecule has 19 heavy (non-hydrogen) atoms. The van der Waals surface area contributed by atoms with Crippen LogP contribution in [0.2, 0.25) is 0 Å². The summed E-state index contributed by atoms with van der Waals surface area (Å²) in [5.41, 5.74) is 1.51. The summed E-state index contributed by atoms with van der Waals surface area (Å²) in [5.74, 6) is 1.72. The van der Waals surface area contributed by atoms with Crippen molar-refractivity contribution in [2.45, 2.75) is 6.10 Å². The van der Waals surface area contributed by atoms with Crippen LogP contribution in [0.4, 0.5) is 5.95 Å². The third kappa shape index (κ3) is 2.88. The standard InChI is InChI=1S/C12H17N3O4/c1-18-10-3-8-9(4-11(10)19-2)15-12(14-8)13-5-7(17)6-16/h3-4,7,16-17H,5-6H2,1-2H3,(H2,13,14,15). The normalized spacial score (nSPS) is 12.4. The van der Waals surface area contributed by atoms with Crippen molar-refractivity contribution in [2.24, 2.45) is 0 Å². The zero-order valence-corrected chi connectivity index (χ0v) is 10.8. The van der Waals surface area contributed by atoms with Crippen molar-refractivity contribution >= 4 is 17.0 Å². The molecule has 0 aliphatic heterocycles. The minimum absolute atomic E-state index is 0.213. The monoisotopic (exact) mass is 267 g/mol. The van der Waals surface area contributed by atoms with Crippen LogP contribution in [-0.2, 0) is 0 Å². The molecule has 0 spiro atoms. The molecule has 2 rings (SSSR count). The Morgan fingerprint density at radius 3 is 2.63 bits per heavy atom. The van der Waals surface area contributed by atoms with Crippen LogP contribution >= 0.6 is 0 Å². The molecule has 0 bridgehead atoms. The zero-order chi connectivity index (χ0) is 13.8. The highest BCUT2D eigenvalue weighted by molar-refractivity contribution is 5.81. The van der Waals surface area contributed by atoms with E-state index in [-0.39, 0.29) is 13.2 Å². The average molecular weight is 267 g/mol. The Bertz CT molecular complexity index is 514. The average Bonchev–Trinajstić information content (AvgIpc) is 2.84. The smallest absolute Gasteiger partial charge is 0.201 e. The maximum absolute atomic E-state index is 9.26. The molecule has 0 aliphatic carbocycles. The molecule has 104 valence electrons. The number of methoxy groups -OCH3 is 2. The molecule has 1 aromatic heterocycles.